The van der Waals surface area contributed by atoms with Gasteiger partial charge in [-0.1, -0.05) is 12.8 Å². The molecule has 2 saturated heterocycles. The number of nitrogens with zero attached hydrogens (tertiary/aromatic N) is 3. The molecule has 0 aromatic carbocycles. The molecule has 5 nitrogen and oxygen atoms in total. The predicted octanol–water partition coefficient (Wildman–Crippen LogP) is 2.41. The van der Waals surface area contributed by atoms with E-state index in [1.807, 2.05) is 0 Å². The molecule has 2 fully saturated rings. The van der Waals surface area contributed by atoms with Crippen molar-refractivity contribution in [2.45, 2.75) is 39.0 Å². The molecule has 1 atom stereocenters. The van der Waals surface area contributed by atoms with E-state index in [1.165, 1.54) is 45.2 Å². The molecule has 0 amide bonds. The Labute approximate surface area is 159 Å². The van der Waals surface area contributed by atoms with Gasteiger partial charge in [0, 0.05) is 39.2 Å². The minimum atomic E-state index is 0. The summed E-state index contributed by atoms with van der Waals surface area (Å²) in [5.41, 5.74) is 0. The van der Waals surface area contributed by atoms with E-state index < -0.39 is 0 Å². The summed E-state index contributed by atoms with van der Waals surface area (Å²) in [6, 6.07) is 0. The Balaban J connectivity index is 0.00000264. The number of aliphatic imine (C=N–C) groups is 1. The van der Waals surface area contributed by atoms with E-state index in [2.05, 4.69) is 29.1 Å². The second-order valence-corrected chi connectivity index (χ2v) is 6.60. The van der Waals surface area contributed by atoms with Crippen molar-refractivity contribution < 1.29 is 4.74 Å². The van der Waals surface area contributed by atoms with E-state index in [4.69, 9.17) is 9.73 Å². The molecule has 0 aromatic rings. The highest BCUT2D eigenvalue weighted by molar-refractivity contribution is 14.0. The first-order valence-electron chi connectivity index (χ1n) is 9.09. The maximum Gasteiger partial charge on any atom is 0.193 e. The Morgan fingerprint density at radius 2 is 2.00 bits per heavy atom. The molecule has 2 aliphatic heterocycles. The number of halogens is 1. The van der Waals surface area contributed by atoms with Crippen LogP contribution >= 0.6 is 24.0 Å². The topological polar surface area (TPSA) is 40.1 Å². The van der Waals surface area contributed by atoms with Gasteiger partial charge in [0.15, 0.2) is 5.96 Å². The Hall–Kier alpha value is -0.0800. The molecule has 1 N–H and O–H groups in total. The fourth-order valence-electron chi connectivity index (χ4n) is 3.33. The van der Waals surface area contributed by atoms with Crippen molar-refractivity contribution in [2.24, 2.45) is 10.9 Å². The minimum Gasteiger partial charge on any atom is -0.381 e. The van der Waals surface area contributed by atoms with Crippen molar-refractivity contribution in [1.29, 1.82) is 0 Å². The molecule has 136 valence electrons. The quantitative estimate of drug-likeness (QED) is 0.393. The Morgan fingerprint density at radius 3 is 2.61 bits per heavy atom. The third-order valence-corrected chi connectivity index (χ3v) is 4.63. The third kappa shape index (κ3) is 8.03. The van der Waals surface area contributed by atoms with Gasteiger partial charge < -0.3 is 19.9 Å². The summed E-state index contributed by atoms with van der Waals surface area (Å²) in [7, 11) is 2.14. The van der Waals surface area contributed by atoms with Crippen molar-refractivity contribution in [3.05, 3.63) is 0 Å². The van der Waals surface area contributed by atoms with Crippen molar-refractivity contribution >= 4 is 29.9 Å². The number of ether oxygens (including phenoxy) is 1. The lowest BCUT2D eigenvalue weighted by Gasteiger charge is -2.25. The summed E-state index contributed by atoms with van der Waals surface area (Å²) in [6.07, 6.45) is 6.68. The van der Waals surface area contributed by atoms with Gasteiger partial charge >= 0.3 is 0 Å². The first kappa shape index (κ1) is 21.0. The van der Waals surface area contributed by atoms with Crippen molar-refractivity contribution in [3.63, 3.8) is 0 Å². The molecular formula is C17H35IN4O. The van der Waals surface area contributed by atoms with Crippen LogP contribution in [0.25, 0.3) is 0 Å². The molecule has 0 bridgehead atoms. The van der Waals surface area contributed by atoms with Crippen LogP contribution in [0.15, 0.2) is 4.99 Å². The average Bonchev–Trinajstić information content (AvgIpc) is 2.88. The molecule has 2 heterocycles. The molecule has 23 heavy (non-hydrogen) atoms. The van der Waals surface area contributed by atoms with Crippen LogP contribution in [0.5, 0.6) is 0 Å². The average molecular weight is 438 g/mol. The van der Waals surface area contributed by atoms with Gasteiger partial charge in [-0.25, -0.2) is 0 Å². The lowest BCUT2D eigenvalue weighted by molar-refractivity contribution is 0.181. The van der Waals surface area contributed by atoms with Crippen LogP contribution in [0.3, 0.4) is 0 Å². The zero-order valence-electron chi connectivity index (χ0n) is 14.9. The molecule has 2 rings (SSSR count). The summed E-state index contributed by atoms with van der Waals surface area (Å²) >= 11 is 0. The molecule has 0 spiro atoms. The Kier molecular flexibility index (Phi) is 11.2. The Bertz CT molecular complexity index is 327. The van der Waals surface area contributed by atoms with Crippen LogP contribution < -0.4 is 5.32 Å². The van der Waals surface area contributed by atoms with Gasteiger partial charge in [-0.2, -0.15) is 0 Å². The molecule has 2 aliphatic rings. The van der Waals surface area contributed by atoms with Gasteiger partial charge in [-0.05, 0) is 39.3 Å². The van der Waals surface area contributed by atoms with Gasteiger partial charge in [0.25, 0.3) is 0 Å². The van der Waals surface area contributed by atoms with Crippen LogP contribution in [-0.2, 0) is 4.74 Å². The molecule has 0 aromatic heterocycles. The fraction of sp³-hybridized carbons (Fsp3) is 0.941. The fourth-order valence-corrected chi connectivity index (χ4v) is 3.33. The van der Waals surface area contributed by atoms with Crippen LogP contribution in [0.2, 0.25) is 0 Å². The summed E-state index contributed by atoms with van der Waals surface area (Å²) in [4.78, 5) is 9.67. The molecule has 0 saturated carbocycles. The first-order valence-corrected chi connectivity index (χ1v) is 9.09. The highest BCUT2D eigenvalue weighted by Crippen LogP contribution is 2.13. The van der Waals surface area contributed by atoms with Gasteiger partial charge in [-0.3, -0.25) is 4.99 Å². The molecular weight excluding hydrogens is 403 g/mol. The monoisotopic (exact) mass is 438 g/mol. The van der Waals surface area contributed by atoms with Crippen LogP contribution in [-0.4, -0.2) is 75.3 Å². The lowest BCUT2D eigenvalue weighted by atomic mass is 10.1. The van der Waals surface area contributed by atoms with Gasteiger partial charge in [-0.15, -0.1) is 24.0 Å². The number of hydrogen-bond donors (Lipinski definition) is 1. The van der Waals surface area contributed by atoms with Crippen molar-refractivity contribution in [2.75, 3.05) is 59.5 Å². The highest BCUT2D eigenvalue weighted by Gasteiger charge is 2.19. The zero-order valence-corrected chi connectivity index (χ0v) is 17.3. The van der Waals surface area contributed by atoms with E-state index in [1.54, 1.807) is 0 Å². The van der Waals surface area contributed by atoms with E-state index in [0.29, 0.717) is 5.92 Å². The molecule has 6 heteroatoms. The summed E-state index contributed by atoms with van der Waals surface area (Å²) in [6.45, 7) is 10.4. The van der Waals surface area contributed by atoms with Gasteiger partial charge in [0.05, 0.1) is 13.2 Å². The normalized spacial score (nSPS) is 23.2. The number of hydrogen-bond acceptors (Lipinski definition) is 3. The van der Waals surface area contributed by atoms with Crippen LogP contribution in [0.1, 0.15) is 39.0 Å². The molecule has 0 radical (unpaired) electrons. The lowest BCUT2D eigenvalue weighted by Crippen LogP contribution is -2.42. The highest BCUT2D eigenvalue weighted by atomic mass is 127. The van der Waals surface area contributed by atoms with Crippen LogP contribution in [0, 0.1) is 5.92 Å². The SMILES string of the molecule is CCNC(=NCCN1CCCCCC1)N(C)CC1CCOC1.I. The van der Waals surface area contributed by atoms with E-state index in [0.717, 1.165) is 45.4 Å². The van der Waals surface area contributed by atoms with E-state index >= 15 is 0 Å². The standard InChI is InChI=1S/C17H34N4O.HI/c1-3-18-17(20(2)14-16-8-13-22-15-16)19-9-12-21-10-6-4-5-7-11-21;/h16H,3-15H2,1-2H3,(H,18,19);1H. The van der Waals surface area contributed by atoms with Crippen molar-refractivity contribution in [1.82, 2.24) is 15.1 Å². The van der Waals surface area contributed by atoms with Crippen molar-refractivity contribution in [3.8, 4) is 0 Å². The number of nitrogens with one attached hydrogen (secondary N) is 1. The second-order valence-electron chi connectivity index (χ2n) is 6.60. The summed E-state index contributed by atoms with van der Waals surface area (Å²) in [5.74, 6) is 1.70. The number of likely N-dealkylation sites (tertiary alicyclic amines) is 1. The Morgan fingerprint density at radius 1 is 1.26 bits per heavy atom. The smallest absolute Gasteiger partial charge is 0.193 e. The van der Waals surface area contributed by atoms with E-state index in [9.17, 15) is 0 Å². The van der Waals surface area contributed by atoms with E-state index in [-0.39, 0.29) is 24.0 Å². The number of rotatable bonds is 6. The van der Waals surface area contributed by atoms with Crippen LogP contribution in [0.4, 0.5) is 0 Å². The number of guanidine groups is 1. The maximum absolute atomic E-state index is 5.48. The largest absolute Gasteiger partial charge is 0.381 e. The minimum absolute atomic E-state index is 0. The summed E-state index contributed by atoms with van der Waals surface area (Å²) in [5, 5.41) is 3.42. The first-order chi connectivity index (χ1) is 10.8. The molecule has 1 unspecified atom stereocenters. The van der Waals surface area contributed by atoms with Gasteiger partial charge in [0.2, 0.25) is 0 Å². The van der Waals surface area contributed by atoms with Gasteiger partial charge in [0.1, 0.15) is 0 Å². The predicted molar refractivity (Wildman–Crippen MR) is 108 cm³/mol. The third-order valence-electron chi connectivity index (χ3n) is 4.63. The maximum atomic E-state index is 5.48. The molecule has 0 aliphatic carbocycles. The zero-order chi connectivity index (χ0) is 15.6. The summed E-state index contributed by atoms with van der Waals surface area (Å²) < 4.78 is 5.48. The second kappa shape index (κ2) is 12.3.